The van der Waals surface area contributed by atoms with E-state index in [1.54, 1.807) is 29.6 Å². The Kier molecular flexibility index (Phi) is 9.65. The van der Waals surface area contributed by atoms with Gasteiger partial charge in [-0.15, -0.1) is 11.3 Å². The van der Waals surface area contributed by atoms with Gasteiger partial charge in [-0.25, -0.2) is 4.98 Å². The Morgan fingerprint density at radius 2 is 1.94 bits per heavy atom. The molecule has 0 atom stereocenters. The average molecular weight is 493 g/mol. The van der Waals surface area contributed by atoms with Crippen LogP contribution in [0.2, 0.25) is 5.02 Å². The number of ether oxygens (including phenoxy) is 1. The Balaban J connectivity index is 1.54. The minimum absolute atomic E-state index is 0.0545. The summed E-state index contributed by atoms with van der Waals surface area (Å²) >= 11 is 7.39. The van der Waals surface area contributed by atoms with Gasteiger partial charge in [0.1, 0.15) is 6.54 Å². The zero-order valence-corrected chi connectivity index (χ0v) is 20.2. The van der Waals surface area contributed by atoms with Crippen molar-refractivity contribution in [1.82, 2.24) is 15.2 Å². The number of thiazole rings is 1. The number of carbonyl (C=O) groups excluding carboxylic acids is 3. The van der Waals surface area contributed by atoms with Crippen molar-refractivity contribution >= 4 is 45.8 Å². The zero-order chi connectivity index (χ0) is 23.6. The summed E-state index contributed by atoms with van der Waals surface area (Å²) in [6.07, 6.45) is 5.76. The normalized spacial score (nSPS) is 14.0. The van der Waals surface area contributed by atoms with Crippen LogP contribution < -0.4 is 10.6 Å². The van der Waals surface area contributed by atoms with Crippen LogP contribution in [-0.4, -0.2) is 60.5 Å². The summed E-state index contributed by atoms with van der Waals surface area (Å²) in [6.45, 7) is 0.337. The quantitative estimate of drug-likeness (QED) is 0.528. The smallest absolute Gasteiger partial charge is 0.255 e. The van der Waals surface area contributed by atoms with Gasteiger partial charge < -0.3 is 20.3 Å². The summed E-state index contributed by atoms with van der Waals surface area (Å²) < 4.78 is 5.08. The SMILES string of the molecule is COCCN(CC(=O)Nc1nc(CC(=O)NC2CCCCC2)cs1)C(=O)c1ccccc1Cl. The number of hydrogen-bond acceptors (Lipinski definition) is 6. The molecule has 0 radical (unpaired) electrons. The summed E-state index contributed by atoms with van der Waals surface area (Å²) in [4.78, 5) is 43.5. The van der Waals surface area contributed by atoms with Gasteiger partial charge in [0.15, 0.2) is 5.13 Å². The minimum atomic E-state index is -0.390. The maximum Gasteiger partial charge on any atom is 0.255 e. The lowest BCUT2D eigenvalue weighted by Gasteiger charge is -2.22. The van der Waals surface area contributed by atoms with Gasteiger partial charge in [0.05, 0.1) is 29.3 Å². The molecule has 0 saturated heterocycles. The molecule has 33 heavy (non-hydrogen) atoms. The number of anilines is 1. The molecule has 2 aromatic rings. The molecule has 0 unspecified atom stereocenters. The van der Waals surface area contributed by atoms with Crippen molar-refractivity contribution in [2.24, 2.45) is 0 Å². The van der Waals surface area contributed by atoms with Gasteiger partial charge in [0.25, 0.3) is 5.91 Å². The predicted molar refractivity (Wildman–Crippen MR) is 129 cm³/mol. The standard InChI is InChI=1S/C23H29ClN4O4S/c1-32-12-11-28(22(31)18-9-5-6-10-19(18)24)14-21(30)27-23-26-17(15-33-23)13-20(29)25-16-7-3-2-4-8-16/h5-6,9-10,15-16H,2-4,7-8,11-14H2,1H3,(H,25,29)(H,26,27,30). The van der Waals surface area contributed by atoms with E-state index in [0.29, 0.717) is 21.4 Å². The third-order valence-corrected chi connectivity index (χ3v) is 6.54. The molecule has 1 aliphatic carbocycles. The van der Waals surface area contributed by atoms with Gasteiger partial charge in [0.2, 0.25) is 11.8 Å². The fourth-order valence-electron chi connectivity index (χ4n) is 3.73. The fourth-order valence-corrected chi connectivity index (χ4v) is 4.67. The van der Waals surface area contributed by atoms with Gasteiger partial charge in [-0.3, -0.25) is 14.4 Å². The molecular weight excluding hydrogens is 464 g/mol. The lowest BCUT2D eigenvalue weighted by molar-refractivity contribution is -0.121. The van der Waals surface area contributed by atoms with E-state index >= 15 is 0 Å². The molecule has 3 rings (SSSR count). The van der Waals surface area contributed by atoms with Crippen molar-refractivity contribution in [1.29, 1.82) is 0 Å². The largest absolute Gasteiger partial charge is 0.383 e. The van der Waals surface area contributed by atoms with Crippen LogP contribution in [0.4, 0.5) is 5.13 Å². The number of nitrogens with zero attached hydrogens (tertiary/aromatic N) is 2. The number of nitrogens with one attached hydrogen (secondary N) is 2. The molecule has 10 heteroatoms. The third kappa shape index (κ3) is 7.80. The van der Waals surface area contributed by atoms with Crippen molar-refractivity contribution < 1.29 is 19.1 Å². The van der Waals surface area contributed by atoms with Crippen LogP contribution in [0.15, 0.2) is 29.6 Å². The zero-order valence-electron chi connectivity index (χ0n) is 18.6. The number of aromatic nitrogens is 1. The predicted octanol–water partition coefficient (Wildman–Crippen LogP) is 3.52. The molecule has 1 heterocycles. The van der Waals surface area contributed by atoms with Crippen LogP contribution in [0.3, 0.4) is 0 Å². The second kappa shape index (κ2) is 12.7. The molecule has 0 aliphatic heterocycles. The molecule has 178 valence electrons. The second-order valence-corrected chi connectivity index (χ2v) is 9.24. The molecule has 1 saturated carbocycles. The lowest BCUT2D eigenvalue weighted by Crippen LogP contribution is -2.40. The molecule has 1 aromatic heterocycles. The number of rotatable bonds is 10. The average Bonchev–Trinajstić information content (AvgIpc) is 3.23. The highest BCUT2D eigenvalue weighted by Crippen LogP contribution is 2.20. The van der Waals surface area contributed by atoms with Crippen molar-refractivity contribution in [3.05, 3.63) is 45.9 Å². The first kappa shape index (κ1) is 25.1. The monoisotopic (exact) mass is 492 g/mol. The summed E-state index contributed by atoms with van der Waals surface area (Å²) in [5, 5.41) is 8.25. The Hall–Kier alpha value is -2.49. The van der Waals surface area contributed by atoms with Crippen LogP contribution in [0.5, 0.6) is 0 Å². The summed E-state index contributed by atoms with van der Waals surface area (Å²) in [5.41, 5.74) is 0.926. The molecule has 2 N–H and O–H groups in total. The first-order chi connectivity index (χ1) is 16.0. The number of carbonyl (C=O) groups is 3. The number of amides is 3. The number of methoxy groups -OCH3 is 1. The van der Waals surface area contributed by atoms with Gasteiger partial charge in [-0.2, -0.15) is 0 Å². The van der Waals surface area contributed by atoms with Crippen molar-refractivity contribution in [2.45, 2.75) is 44.6 Å². The van der Waals surface area contributed by atoms with Gasteiger partial charge in [-0.1, -0.05) is 43.0 Å². The van der Waals surface area contributed by atoms with Crippen molar-refractivity contribution in [3.63, 3.8) is 0 Å². The molecule has 0 spiro atoms. The topological polar surface area (TPSA) is 101 Å². The Bertz CT molecular complexity index is 961. The van der Waals surface area contributed by atoms with E-state index in [4.69, 9.17) is 16.3 Å². The molecule has 8 nitrogen and oxygen atoms in total. The molecule has 3 amide bonds. The Morgan fingerprint density at radius 3 is 2.67 bits per heavy atom. The highest BCUT2D eigenvalue weighted by atomic mass is 35.5. The number of halogens is 1. The van der Waals surface area contributed by atoms with Gasteiger partial charge in [-0.05, 0) is 25.0 Å². The first-order valence-electron chi connectivity index (χ1n) is 11.0. The summed E-state index contributed by atoms with van der Waals surface area (Å²) in [6, 6.07) is 6.95. The van der Waals surface area contributed by atoms with E-state index in [9.17, 15) is 14.4 Å². The molecule has 1 aromatic carbocycles. The maximum atomic E-state index is 12.9. The van der Waals surface area contributed by atoms with Crippen LogP contribution in [-0.2, 0) is 20.7 Å². The van der Waals surface area contributed by atoms with E-state index in [0.717, 1.165) is 25.7 Å². The highest BCUT2D eigenvalue weighted by molar-refractivity contribution is 7.13. The summed E-state index contributed by atoms with van der Waals surface area (Å²) in [7, 11) is 1.53. The van der Waals surface area contributed by atoms with Crippen LogP contribution in [0, 0.1) is 0 Å². The molecule has 1 fully saturated rings. The lowest BCUT2D eigenvalue weighted by atomic mass is 9.95. The van der Waals surface area contributed by atoms with Crippen LogP contribution in [0.1, 0.15) is 48.2 Å². The van der Waals surface area contributed by atoms with E-state index in [2.05, 4.69) is 15.6 Å². The maximum absolute atomic E-state index is 12.9. The van der Waals surface area contributed by atoms with Gasteiger partial charge in [0, 0.05) is 25.1 Å². The number of hydrogen-bond donors (Lipinski definition) is 2. The van der Waals surface area contributed by atoms with Crippen LogP contribution >= 0.6 is 22.9 Å². The fraction of sp³-hybridized carbons (Fsp3) is 0.478. The van der Waals surface area contributed by atoms with Crippen molar-refractivity contribution in [2.75, 3.05) is 32.1 Å². The molecular formula is C23H29ClN4O4S. The van der Waals surface area contributed by atoms with E-state index in [1.165, 1.54) is 29.8 Å². The third-order valence-electron chi connectivity index (χ3n) is 5.40. The van der Waals surface area contributed by atoms with Gasteiger partial charge >= 0.3 is 0 Å². The minimum Gasteiger partial charge on any atom is -0.383 e. The molecule has 0 bridgehead atoms. The first-order valence-corrected chi connectivity index (χ1v) is 12.3. The van der Waals surface area contributed by atoms with Crippen LogP contribution in [0.25, 0.3) is 0 Å². The van der Waals surface area contributed by atoms with Crippen molar-refractivity contribution in [3.8, 4) is 0 Å². The Labute approximate surface area is 202 Å². The van der Waals surface area contributed by atoms with E-state index in [-0.39, 0.29) is 49.9 Å². The highest BCUT2D eigenvalue weighted by Gasteiger charge is 2.22. The second-order valence-electron chi connectivity index (χ2n) is 7.97. The molecule has 1 aliphatic rings. The van der Waals surface area contributed by atoms with E-state index in [1.807, 2.05) is 0 Å². The number of benzene rings is 1. The van der Waals surface area contributed by atoms with E-state index < -0.39 is 0 Å². The Morgan fingerprint density at radius 1 is 1.18 bits per heavy atom. The summed E-state index contributed by atoms with van der Waals surface area (Å²) in [5.74, 6) is -0.799.